The van der Waals surface area contributed by atoms with Crippen LogP contribution in [0.4, 0.5) is 0 Å². The zero-order valence-corrected chi connectivity index (χ0v) is 14.6. The first-order valence-corrected chi connectivity index (χ1v) is 8.50. The van der Waals surface area contributed by atoms with E-state index in [1.54, 1.807) is 0 Å². The normalized spacial score (nSPS) is 21.6. The Bertz CT molecular complexity index is 314. The van der Waals surface area contributed by atoms with Crippen molar-refractivity contribution in [3.8, 4) is 0 Å². The number of esters is 1. The highest BCUT2D eigenvalue weighted by Crippen LogP contribution is 2.25. The molecule has 4 heteroatoms. The van der Waals surface area contributed by atoms with Crippen molar-refractivity contribution in [1.82, 2.24) is 10.2 Å². The van der Waals surface area contributed by atoms with Crippen LogP contribution in [0.1, 0.15) is 65.7 Å². The van der Waals surface area contributed by atoms with Gasteiger partial charge in [0, 0.05) is 12.1 Å². The molecule has 0 spiro atoms. The van der Waals surface area contributed by atoms with E-state index in [1.165, 1.54) is 45.6 Å². The molecule has 0 aliphatic heterocycles. The molecule has 0 radical (unpaired) electrons. The molecule has 0 heterocycles. The molecule has 0 saturated heterocycles. The molecule has 0 amide bonds. The van der Waals surface area contributed by atoms with Gasteiger partial charge in [0.2, 0.25) is 0 Å². The van der Waals surface area contributed by atoms with Gasteiger partial charge in [0.1, 0.15) is 5.54 Å². The van der Waals surface area contributed by atoms with Gasteiger partial charge in [-0.05, 0) is 46.7 Å². The molecule has 1 rings (SSSR count). The van der Waals surface area contributed by atoms with Crippen molar-refractivity contribution >= 4 is 5.97 Å². The second kappa shape index (κ2) is 8.74. The largest absolute Gasteiger partial charge is 0.468 e. The Morgan fingerprint density at radius 3 is 2.38 bits per heavy atom. The molecular formula is C17H34N2O2. The number of nitrogens with zero attached hydrogens (tertiary/aromatic N) is 1. The van der Waals surface area contributed by atoms with Crippen LogP contribution in [-0.4, -0.2) is 49.2 Å². The number of carbonyl (C=O) groups excluding carboxylic acids is 1. The summed E-state index contributed by atoms with van der Waals surface area (Å²) in [7, 11) is 3.68. The topological polar surface area (TPSA) is 41.6 Å². The molecule has 1 N–H and O–H groups in total. The molecule has 0 aromatic heterocycles. The molecule has 2 unspecified atom stereocenters. The molecule has 21 heavy (non-hydrogen) atoms. The monoisotopic (exact) mass is 298 g/mol. The van der Waals surface area contributed by atoms with Gasteiger partial charge in [-0.15, -0.1) is 0 Å². The summed E-state index contributed by atoms with van der Waals surface area (Å²) in [6.45, 7) is 6.98. The standard InChI is InChI=1S/C17H34N2O2/c1-6-18-17(3,16(20)21-5)13-14(2)19(4)15-11-9-7-8-10-12-15/h14-15,18H,6-13H2,1-5H3. The van der Waals surface area contributed by atoms with Crippen LogP contribution in [0.25, 0.3) is 0 Å². The molecule has 0 aromatic carbocycles. The maximum atomic E-state index is 12.1. The molecule has 1 fully saturated rings. The molecular weight excluding hydrogens is 264 g/mol. The maximum absolute atomic E-state index is 12.1. The van der Waals surface area contributed by atoms with E-state index in [2.05, 4.69) is 24.2 Å². The van der Waals surface area contributed by atoms with Crippen LogP contribution in [0.15, 0.2) is 0 Å². The highest BCUT2D eigenvalue weighted by atomic mass is 16.5. The third-order valence-corrected chi connectivity index (χ3v) is 5.00. The Hall–Kier alpha value is -0.610. The van der Waals surface area contributed by atoms with E-state index in [4.69, 9.17) is 4.74 Å². The fraction of sp³-hybridized carbons (Fsp3) is 0.941. The first-order chi connectivity index (χ1) is 9.94. The first-order valence-electron chi connectivity index (χ1n) is 8.50. The van der Waals surface area contributed by atoms with Crippen LogP contribution in [0.2, 0.25) is 0 Å². The number of likely N-dealkylation sites (N-methyl/N-ethyl adjacent to an activating group) is 1. The minimum absolute atomic E-state index is 0.162. The fourth-order valence-electron chi connectivity index (χ4n) is 3.60. The van der Waals surface area contributed by atoms with Gasteiger partial charge in [0.25, 0.3) is 0 Å². The van der Waals surface area contributed by atoms with Crippen LogP contribution < -0.4 is 5.32 Å². The second-order valence-corrected chi connectivity index (χ2v) is 6.72. The first kappa shape index (κ1) is 18.4. The Morgan fingerprint density at radius 1 is 1.33 bits per heavy atom. The van der Waals surface area contributed by atoms with E-state index in [0.29, 0.717) is 12.1 Å². The summed E-state index contributed by atoms with van der Waals surface area (Å²) in [5.41, 5.74) is -0.595. The number of rotatable bonds is 7. The quantitative estimate of drug-likeness (QED) is 0.579. The minimum Gasteiger partial charge on any atom is -0.468 e. The second-order valence-electron chi connectivity index (χ2n) is 6.72. The lowest BCUT2D eigenvalue weighted by Gasteiger charge is -2.37. The van der Waals surface area contributed by atoms with Gasteiger partial charge >= 0.3 is 5.97 Å². The van der Waals surface area contributed by atoms with Crippen LogP contribution in [-0.2, 0) is 9.53 Å². The van der Waals surface area contributed by atoms with Crippen molar-refractivity contribution in [2.24, 2.45) is 0 Å². The van der Waals surface area contributed by atoms with E-state index < -0.39 is 5.54 Å². The Labute approximate surface area is 130 Å². The Balaban J connectivity index is 2.66. The summed E-state index contributed by atoms with van der Waals surface area (Å²) in [4.78, 5) is 14.6. The van der Waals surface area contributed by atoms with E-state index in [1.807, 2.05) is 13.8 Å². The maximum Gasteiger partial charge on any atom is 0.325 e. The predicted molar refractivity (Wildman–Crippen MR) is 87.4 cm³/mol. The summed E-state index contributed by atoms with van der Waals surface area (Å²) in [5, 5.41) is 3.31. The number of nitrogens with one attached hydrogen (secondary N) is 1. The van der Waals surface area contributed by atoms with Crippen molar-refractivity contribution in [3.63, 3.8) is 0 Å². The number of ether oxygens (including phenoxy) is 1. The fourth-order valence-corrected chi connectivity index (χ4v) is 3.60. The SMILES string of the molecule is CCNC(C)(CC(C)N(C)C1CCCCCC1)C(=O)OC. The van der Waals surface area contributed by atoms with Crippen LogP contribution >= 0.6 is 0 Å². The minimum atomic E-state index is -0.595. The van der Waals surface area contributed by atoms with Crippen molar-refractivity contribution in [3.05, 3.63) is 0 Å². The van der Waals surface area contributed by atoms with Crippen LogP contribution in [0.5, 0.6) is 0 Å². The van der Waals surface area contributed by atoms with Crippen molar-refractivity contribution in [2.45, 2.75) is 83.3 Å². The number of hydrogen-bond donors (Lipinski definition) is 1. The molecule has 124 valence electrons. The van der Waals surface area contributed by atoms with Gasteiger partial charge in [0.15, 0.2) is 0 Å². The highest BCUT2D eigenvalue weighted by Gasteiger charge is 2.36. The molecule has 4 nitrogen and oxygen atoms in total. The zero-order valence-electron chi connectivity index (χ0n) is 14.6. The lowest BCUT2D eigenvalue weighted by molar-refractivity contribution is -0.148. The number of hydrogen-bond acceptors (Lipinski definition) is 4. The summed E-state index contributed by atoms with van der Waals surface area (Å²) in [6, 6.07) is 1.02. The van der Waals surface area contributed by atoms with Gasteiger partial charge < -0.3 is 15.0 Å². The predicted octanol–water partition coefficient (Wildman–Crippen LogP) is 2.96. The third kappa shape index (κ3) is 5.26. The molecule has 2 atom stereocenters. The smallest absolute Gasteiger partial charge is 0.325 e. The van der Waals surface area contributed by atoms with E-state index in [0.717, 1.165) is 13.0 Å². The molecule has 1 saturated carbocycles. The van der Waals surface area contributed by atoms with Crippen LogP contribution in [0.3, 0.4) is 0 Å². The zero-order chi connectivity index (χ0) is 15.9. The molecule has 1 aliphatic carbocycles. The Morgan fingerprint density at radius 2 is 1.90 bits per heavy atom. The molecule has 1 aliphatic rings. The van der Waals surface area contributed by atoms with Gasteiger partial charge in [-0.3, -0.25) is 4.79 Å². The lowest BCUT2D eigenvalue weighted by Crippen LogP contribution is -2.54. The van der Waals surface area contributed by atoms with Crippen molar-refractivity contribution in [1.29, 1.82) is 0 Å². The average molecular weight is 298 g/mol. The van der Waals surface area contributed by atoms with E-state index >= 15 is 0 Å². The van der Waals surface area contributed by atoms with Gasteiger partial charge in [-0.1, -0.05) is 32.6 Å². The number of carbonyl (C=O) groups is 1. The molecule has 0 aromatic rings. The summed E-state index contributed by atoms with van der Waals surface area (Å²) in [5.74, 6) is -0.162. The average Bonchev–Trinajstić information content (AvgIpc) is 2.74. The summed E-state index contributed by atoms with van der Waals surface area (Å²) >= 11 is 0. The van der Waals surface area contributed by atoms with Crippen molar-refractivity contribution in [2.75, 3.05) is 20.7 Å². The highest BCUT2D eigenvalue weighted by molar-refractivity contribution is 5.80. The van der Waals surface area contributed by atoms with Gasteiger partial charge in [-0.2, -0.15) is 0 Å². The Kier molecular flexibility index (Phi) is 7.67. The van der Waals surface area contributed by atoms with Gasteiger partial charge in [0.05, 0.1) is 7.11 Å². The summed E-state index contributed by atoms with van der Waals surface area (Å²) < 4.78 is 4.99. The lowest BCUT2D eigenvalue weighted by atomic mass is 9.91. The third-order valence-electron chi connectivity index (χ3n) is 5.00. The number of methoxy groups -OCH3 is 1. The van der Waals surface area contributed by atoms with Crippen molar-refractivity contribution < 1.29 is 9.53 Å². The summed E-state index contributed by atoms with van der Waals surface area (Å²) in [6.07, 6.45) is 8.77. The van der Waals surface area contributed by atoms with Gasteiger partial charge in [-0.25, -0.2) is 0 Å². The van der Waals surface area contributed by atoms with Crippen LogP contribution in [0, 0.1) is 0 Å². The molecule has 0 bridgehead atoms. The van der Waals surface area contributed by atoms with E-state index in [-0.39, 0.29) is 5.97 Å². The van der Waals surface area contributed by atoms with E-state index in [9.17, 15) is 4.79 Å².